The number of hydrogen-bond acceptors (Lipinski definition) is 4. The minimum Gasteiger partial charge on any atom is -0.361 e. The molecule has 0 bridgehead atoms. The topological polar surface area (TPSA) is 36.1 Å². The number of thiophene rings is 1. The molecule has 0 saturated heterocycles. The highest BCUT2D eigenvalue weighted by Gasteiger charge is 2.13. The molecule has 1 N–H and O–H groups in total. The number of aromatic nitrogens is 1. The van der Waals surface area contributed by atoms with Gasteiger partial charge in [-0.15, -0.1) is 11.3 Å². The highest BCUT2D eigenvalue weighted by molar-refractivity contribution is 7.98. The molecule has 1 aromatic carbocycles. The number of rotatable bonds is 7. The van der Waals surface area contributed by atoms with E-state index in [0.717, 1.165) is 48.0 Å². The van der Waals surface area contributed by atoms with E-state index >= 15 is 0 Å². The van der Waals surface area contributed by atoms with Crippen LogP contribution in [-0.2, 0) is 16.6 Å². The molecule has 0 amide bonds. The first kappa shape index (κ1) is 19.0. The van der Waals surface area contributed by atoms with Crippen LogP contribution < -0.4 is 0 Å². The van der Waals surface area contributed by atoms with Crippen LogP contribution in [0, 0.1) is 0 Å². The second kappa shape index (κ2) is 8.78. The number of aromatic amines is 1. The number of nitrogens with one attached hydrogen (secondary N) is 1. The zero-order valence-electron chi connectivity index (χ0n) is 15.4. The zero-order valence-corrected chi connectivity index (χ0v) is 17.9. The van der Waals surface area contributed by atoms with Gasteiger partial charge in [0, 0.05) is 75.1 Å². The van der Waals surface area contributed by atoms with E-state index in [-0.39, 0.29) is 0 Å². The van der Waals surface area contributed by atoms with Crippen LogP contribution in [0.2, 0.25) is 0 Å². The molecule has 1 atom stereocenters. The SMILES string of the molecule is CS(=O)c1ccc2c(CSCCN3CC=C(c4cccs4)CC3)c[nH]c2c1. The molecular weight excluding hydrogens is 392 g/mol. The van der Waals surface area contributed by atoms with Crippen molar-refractivity contribution in [2.75, 3.05) is 31.6 Å². The lowest BCUT2D eigenvalue weighted by atomic mass is 10.1. The molecule has 0 spiro atoms. The lowest BCUT2D eigenvalue weighted by molar-refractivity contribution is 0.321. The molecule has 2 aromatic heterocycles. The van der Waals surface area contributed by atoms with Crippen LogP contribution in [0.3, 0.4) is 0 Å². The van der Waals surface area contributed by atoms with Crippen LogP contribution in [0.4, 0.5) is 0 Å². The van der Waals surface area contributed by atoms with Crippen molar-refractivity contribution in [2.24, 2.45) is 0 Å². The molecule has 1 unspecified atom stereocenters. The van der Waals surface area contributed by atoms with E-state index in [1.165, 1.54) is 21.4 Å². The van der Waals surface area contributed by atoms with Gasteiger partial charge in [-0.2, -0.15) is 11.8 Å². The summed E-state index contributed by atoms with van der Waals surface area (Å²) in [5.74, 6) is 2.16. The second-order valence-electron chi connectivity index (χ2n) is 6.79. The third-order valence-corrected chi connectivity index (χ3v) is 7.86. The maximum absolute atomic E-state index is 11.6. The molecule has 1 aliphatic rings. The van der Waals surface area contributed by atoms with Gasteiger partial charge in [-0.3, -0.25) is 9.11 Å². The Labute approximate surface area is 171 Å². The summed E-state index contributed by atoms with van der Waals surface area (Å²) in [5.41, 5.74) is 3.93. The van der Waals surface area contributed by atoms with Crippen LogP contribution in [-0.4, -0.2) is 45.7 Å². The summed E-state index contributed by atoms with van der Waals surface area (Å²) in [6, 6.07) is 10.4. The van der Waals surface area contributed by atoms with E-state index in [1.807, 2.05) is 35.2 Å². The molecule has 0 aliphatic carbocycles. The molecule has 1 aliphatic heterocycles. The number of benzene rings is 1. The summed E-state index contributed by atoms with van der Waals surface area (Å²) in [4.78, 5) is 8.18. The lowest BCUT2D eigenvalue weighted by Crippen LogP contribution is -2.30. The summed E-state index contributed by atoms with van der Waals surface area (Å²) in [5, 5.41) is 3.41. The molecule has 142 valence electrons. The molecule has 3 heterocycles. The Bertz CT molecular complexity index is 959. The molecular formula is C21H24N2OS3. The third kappa shape index (κ3) is 4.57. The first-order valence-electron chi connectivity index (χ1n) is 9.17. The minimum atomic E-state index is -0.933. The highest BCUT2D eigenvalue weighted by atomic mass is 32.2. The predicted molar refractivity (Wildman–Crippen MR) is 120 cm³/mol. The number of thioether (sulfide) groups is 1. The van der Waals surface area contributed by atoms with Crippen molar-refractivity contribution < 1.29 is 4.21 Å². The quantitative estimate of drug-likeness (QED) is 0.551. The largest absolute Gasteiger partial charge is 0.361 e. The van der Waals surface area contributed by atoms with Gasteiger partial charge in [0.05, 0.1) is 0 Å². The molecule has 0 fully saturated rings. The smallest absolute Gasteiger partial charge is 0.0498 e. The fourth-order valence-electron chi connectivity index (χ4n) is 3.44. The zero-order chi connectivity index (χ0) is 18.6. The molecule has 3 aromatic rings. The summed E-state index contributed by atoms with van der Waals surface area (Å²) in [6.07, 6.45) is 7.38. The van der Waals surface area contributed by atoms with E-state index in [0.29, 0.717) is 0 Å². The van der Waals surface area contributed by atoms with Crippen molar-refractivity contribution in [3.05, 3.63) is 58.4 Å². The molecule has 3 nitrogen and oxygen atoms in total. The van der Waals surface area contributed by atoms with Gasteiger partial charge in [-0.25, -0.2) is 0 Å². The van der Waals surface area contributed by atoms with Gasteiger partial charge >= 0.3 is 0 Å². The van der Waals surface area contributed by atoms with Gasteiger partial charge in [0.2, 0.25) is 0 Å². The Balaban J connectivity index is 1.26. The van der Waals surface area contributed by atoms with Gasteiger partial charge in [0.15, 0.2) is 0 Å². The van der Waals surface area contributed by atoms with Gasteiger partial charge in [0.1, 0.15) is 0 Å². The standard InChI is InChI=1S/C21H24N2OS3/c1-27(24)18-4-5-19-17(14-22-20(19)13-18)15-25-12-10-23-8-6-16(7-9-23)21-3-2-11-26-21/h2-6,11,13-14,22H,7-10,12,15H2,1H3. The molecule has 0 radical (unpaired) electrons. The highest BCUT2D eigenvalue weighted by Crippen LogP contribution is 2.27. The van der Waals surface area contributed by atoms with E-state index in [1.54, 1.807) is 6.26 Å². The van der Waals surface area contributed by atoms with Crippen molar-refractivity contribution in [3.63, 3.8) is 0 Å². The Morgan fingerprint density at radius 1 is 1.33 bits per heavy atom. The monoisotopic (exact) mass is 416 g/mol. The van der Waals surface area contributed by atoms with Gasteiger partial charge in [-0.1, -0.05) is 18.2 Å². The van der Waals surface area contributed by atoms with Crippen LogP contribution >= 0.6 is 23.1 Å². The first-order chi connectivity index (χ1) is 13.2. The van der Waals surface area contributed by atoms with E-state index in [2.05, 4.69) is 45.7 Å². The average molecular weight is 417 g/mol. The molecule has 6 heteroatoms. The number of hydrogen-bond donors (Lipinski definition) is 1. The van der Waals surface area contributed by atoms with Gasteiger partial charge in [-0.05, 0) is 41.1 Å². The first-order valence-corrected chi connectivity index (χ1v) is 12.8. The lowest BCUT2D eigenvalue weighted by Gasteiger charge is -2.25. The summed E-state index contributed by atoms with van der Waals surface area (Å²) < 4.78 is 11.6. The van der Waals surface area contributed by atoms with Crippen molar-refractivity contribution in [2.45, 2.75) is 17.1 Å². The predicted octanol–water partition coefficient (Wildman–Crippen LogP) is 4.99. The normalized spacial score (nSPS) is 16.6. The summed E-state index contributed by atoms with van der Waals surface area (Å²) in [7, 11) is -0.933. The molecule has 4 rings (SSSR count). The van der Waals surface area contributed by atoms with Crippen LogP contribution in [0.25, 0.3) is 16.5 Å². The fourth-order valence-corrected chi connectivity index (χ4v) is 5.77. The summed E-state index contributed by atoms with van der Waals surface area (Å²) in [6.45, 7) is 3.37. The van der Waals surface area contributed by atoms with E-state index < -0.39 is 10.8 Å². The third-order valence-electron chi connectivity index (χ3n) is 5.01. The van der Waals surface area contributed by atoms with Crippen molar-refractivity contribution in [3.8, 4) is 0 Å². The van der Waals surface area contributed by atoms with E-state index in [9.17, 15) is 4.21 Å². The molecule has 27 heavy (non-hydrogen) atoms. The Kier molecular flexibility index (Phi) is 6.18. The van der Waals surface area contributed by atoms with E-state index in [4.69, 9.17) is 0 Å². The van der Waals surface area contributed by atoms with Gasteiger partial charge in [0.25, 0.3) is 0 Å². The van der Waals surface area contributed by atoms with Crippen molar-refractivity contribution in [1.29, 1.82) is 0 Å². The Morgan fingerprint density at radius 3 is 3.00 bits per heavy atom. The minimum absolute atomic E-state index is 0.878. The molecule has 0 saturated carbocycles. The number of H-pyrrole nitrogens is 1. The Morgan fingerprint density at radius 2 is 2.26 bits per heavy atom. The van der Waals surface area contributed by atoms with Crippen molar-refractivity contribution >= 4 is 50.4 Å². The number of fused-ring (bicyclic) bond motifs is 1. The van der Waals surface area contributed by atoms with Crippen molar-refractivity contribution in [1.82, 2.24) is 9.88 Å². The summed E-state index contributed by atoms with van der Waals surface area (Å²) >= 11 is 3.83. The fraction of sp³-hybridized carbons (Fsp3) is 0.333. The van der Waals surface area contributed by atoms with Crippen LogP contribution in [0.1, 0.15) is 16.9 Å². The van der Waals surface area contributed by atoms with Crippen LogP contribution in [0.5, 0.6) is 0 Å². The second-order valence-corrected chi connectivity index (χ2v) is 10.2. The van der Waals surface area contributed by atoms with Gasteiger partial charge < -0.3 is 4.98 Å². The Hall–Kier alpha value is -1.34. The maximum Gasteiger partial charge on any atom is 0.0498 e. The average Bonchev–Trinajstić information content (AvgIpc) is 3.35. The number of nitrogens with zero attached hydrogens (tertiary/aromatic N) is 1. The maximum atomic E-state index is 11.6. The van der Waals surface area contributed by atoms with Crippen LogP contribution in [0.15, 0.2) is 52.9 Å².